The van der Waals surface area contributed by atoms with Gasteiger partial charge in [0.2, 0.25) is 11.8 Å². The largest absolute Gasteiger partial charge is 0.356 e. The Hall–Kier alpha value is -1.10. The van der Waals surface area contributed by atoms with Crippen LogP contribution in [-0.4, -0.2) is 60.4 Å². The Labute approximate surface area is 133 Å². The minimum absolute atomic E-state index is 0.0112. The Balaban J connectivity index is 1.64. The van der Waals surface area contributed by atoms with Gasteiger partial charge >= 0.3 is 0 Å². The van der Waals surface area contributed by atoms with Crippen LogP contribution in [0.1, 0.15) is 51.4 Å². The van der Waals surface area contributed by atoms with E-state index in [9.17, 15) is 9.59 Å². The van der Waals surface area contributed by atoms with Crippen molar-refractivity contribution in [2.45, 2.75) is 56.9 Å². The van der Waals surface area contributed by atoms with E-state index < -0.39 is 0 Å². The van der Waals surface area contributed by atoms with Crippen LogP contribution < -0.4 is 5.32 Å². The lowest BCUT2D eigenvalue weighted by molar-refractivity contribution is -0.137. The van der Waals surface area contributed by atoms with Gasteiger partial charge in [-0.25, -0.2) is 0 Å². The van der Waals surface area contributed by atoms with Gasteiger partial charge in [0.1, 0.15) is 0 Å². The van der Waals surface area contributed by atoms with Gasteiger partial charge in [-0.2, -0.15) is 0 Å². The van der Waals surface area contributed by atoms with Crippen LogP contribution in [0.25, 0.3) is 0 Å². The predicted octanol–water partition coefficient (Wildman–Crippen LogP) is 1.38. The molecule has 0 radical (unpaired) electrons. The fraction of sp³-hybridized carbons (Fsp3) is 0.882. The number of likely N-dealkylation sites (N-methyl/N-ethyl adjacent to an activating group) is 1. The summed E-state index contributed by atoms with van der Waals surface area (Å²) in [6.45, 7) is 3.29. The lowest BCUT2D eigenvalue weighted by atomic mass is 9.86. The Bertz CT molecular complexity index is 434. The Morgan fingerprint density at radius 1 is 1.27 bits per heavy atom. The highest BCUT2D eigenvalue weighted by Gasteiger charge is 2.42. The normalized spacial score (nSPS) is 31.3. The number of nitrogens with zero attached hydrogens (tertiary/aromatic N) is 2. The third-order valence-corrected chi connectivity index (χ3v) is 6.02. The molecule has 5 nitrogen and oxygen atoms in total. The van der Waals surface area contributed by atoms with E-state index in [1.165, 1.54) is 25.7 Å². The van der Waals surface area contributed by atoms with E-state index in [4.69, 9.17) is 0 Å². The number of carbonyl (C=O) groups is 2. The van der Waals surface area contributed by atoms with Crippen molar-refractivity contribution < 1.29 is 9.59 Å². The number of carbonyl (C=O) groups excluding carboxylic acids is 2. The number of rotatable bonds is 2. The van der Waals surface area contributed by atoms with E-state index in [1.807, 2.05) is 0 Å². The molecule has 22 heavy (non-hydrogen) atoms. The van der Waals surface area contributed by atoms with Crippen LogP contribution in [-0.2, 0) is 9.59 Å². The lowest BCUT2D eigenvalue weighted by Gasteiger charge is -2.49. The molecule has 0 bridgehead atoms. The zero-order valence-corrected chi connectivity index (χ0v) is 13.8. The van der Waals surface area contributed by atoms with Gasteiger partial charge in [-0.15, -0.1) is 0 Å². The molecule has 1 N–H and O–H groups in total. The van der Waals surface area contributed by atoms with E-state index in [0.29, 0.717) is 18.2 Å². The smallest absolute Gasteiger partial charge is 0.222 e. The summed E-state index contributed by atoms with van der Waals surface area (Å²) in [4.78, 5) is 28.8. The van der Waals surface area contributed by atoms with Gasteiger partial charge in [0, 0.05) is 44.6 Å². The van der Waals surface area contributed by atoms with Crippen LogP contribution in [0.5, 0.6) is 0 Å². The van der Waals surface area contributed by atoms with Crippen molar-refractivity contribution in [1.82, 2.24) is 15.1 Å². The van der Waals surface area contributed by atoms with Crippen molar-refractivity contribution in [3.05, 3.63) is 0 Å². The maximum Gasteiger partial charge on any atom is 0.222 e. The molecular weight excluding hydrogens is 278 g/mol. The van der Waals surface area contributed by atoms with Crippen LogP contribution in [0.15, 0.2) is 0 Å². The molecule has 1 aliphatic carbocycles. The fourth-order valence-electron chi connectivity index (χ4n) is 4.40. The van der Waals surface area contributed by atoms with E-state index in [2.05, 4.69) is 22.2 Å². The van der Waals surface area contributed by atoms with Crippen molar-refractivity contribution in [1.29, 1.82) is 0 Å². The number of piperazine rings is 1. The maximum atomic E-state index is 12.7. The minimum atomic E-state index is -0.0112. The minimum Gasteiger partial charge on any atom is -0.356 e. The zero-order valence-electron chi connectivity index (χ0n) is 13.8. The van der Waals surface area contributed by atoms with Crippen molar-refractivity contribution in [2.24, 2.45) is 5.92 Å². The molecular formula is C17H29N3O2. The molecule has 5 heteroatoms. The second-order valence-corrected chi connectivity index (χ2v) is 7.42. The first-order valence-electron chi connectivity index (χ1n) is 8.85. The van der Waals surface area contributed by atoms with Gasteiger partial charge in [0.05, 0.1) is 0 Å². The molecule has 1 saturated carbocycles. The maximum absolute atomic E-state index is 12.7. The molecule has 1 spiro atoms. The average Bonchev–Trinajstić information content (AvgIpc) is 2.93. The first kappa shape index (κ1) is 15.8. The number of nitrogens with one attached hydrogen (secondary N) is 1. The molecule has 0 unspecified atom stereocenters. The summed E-state index contributed by atoms with van der Waals surface area (Å²) in [6, 6.07) is 0. The first-order valence-corrected chi connectivity index (χ1v) is 8.85. The first-order chi connectivity index (χ1) is 10.6. The summed E-state index contributed by atoms with van der Waals surface area (Å²) in [6.07, 6.45) is 8.15. The Kier molecular flexibility index (Phi) is 4.71. The highest BCUT2D eigenvalue weighted by Crippen LogP contribution is 2.32. The van der Waals surface area contributed by atoms with E-state index >= 15 is 0 Å². The predicted molar refractivity (Wildman–Crippen MR) is 85.4 cm³/mol. The molecule has 0 aromatic heterocycles. The Morgan fingerprint density at radius 3 is 2.82 bits per heavy atom. The number of hydrogen-bond acceptors (Lipinski definition) is 3. The molecule has 2 aliphatic heterocycles. The molecule has 3 fully saturated rings. The van der Waals surface area contributed by atoms with Gasteiger partial charge in [-0.3, -0.25) is 14.5 Å². The molecule has 3 rings (SSSR count). The van der Waals surface area contributed by atoms with Gasteiger partial charge in [-0.05, 0) is 38.6 Å². The molecule has 0 aromatic rings. The van der Waals surface area contributed by atoms with Crippen LogP contribution >= 0.6 is 0 Å². The molecule has 2 amide bonds. The summed E-state index contributed by atoms with van der Waals surface area (Å²) in [7, 11) is 2.15. The van der Waals surface area contributed by atoms with Gasteiger partial charge in [0.15, 0.2) is 0 Å². The summed E-state index contributed by atoms with van der Waals surface area (Å²) < 4.78 is 0. The summed E-state index contributed by atoms with van der Waals surface area (Å²) in [5.74, 6) is 1.10. The number of amides is 2. The standard InChI is InChI=1S/C17H29N3O2/c1-19-10-11-20(16(22)12-14-4-2-3-5-14)13-17(19)7-6-15(21)18-9-8-17/h14H,2-13H2,1H3,(H,18,21)/t17-/m1/s1. The quantitative estimate of drug-likeness (QED) is 0.838. The van der Waals surface area contributed by atoms with Crippen molar-refractivity contribution >= 4 is 11.8 Å². The Morgan fingerprint density at radius 2 is 2.05 bits per heavy atom. The summed E-state index contributed by atoms with van der Waals surface area (Å²) in [5, 5.41) is 2.97. The molecule has 1 atom stereocenters. The van der Waals surface area contributed by atoms with E-state index in [0.717, 1.165) is 45.4 Å². The lowest BCUT2D eigenvalue weighted by Crippen LogP contribution is -2.62. The summed E-state index contributed by atoms with van der Waals surface area (Å²) in [5.41, 5.74) is -0.0112. The molecule has 2 saturated heterocycles. The molecule has 124 valence electrons. The van der Waals surface area contributed by atoms with Crippen molar-refractivity contribution in [3.63, 3.8) is 0 Å². The van der Waals surface area contributed by atoms with Crippen LogP contribution in [0.2, 0.25) is 0 Å². The second-order valence-electron chi connectivity index (χ2n) is 7.42. The molecule has 3 aliphatic rings. The van der Waals surface area contributed by atoms with Crippen molar-refractivity contribution in [2.75, 3.05) is 33.2 Å². The third kappa shape index (κ3) is 3.29. The highest BCUT2D eigenvalue weighted by molar-refractivity contribution is 5.77. The van der Waals surface area contributed by atoms with E-state index in [1.54, 1.807) is 0 Å². The zero-order chi connectivity index (χ0) is 15.6. The van der Waals surface area contributed by atoms with E-state index in [-0.39, 0.29) is 11.4 Å². The average molecular weight is 307 g/mol. The third-order valence-electron chi connectivity index (χ3n) is 6.02. The van der Waals surface area contributed by atoms with Gasteiger partial charge in [-0.1, -0.05) is 12.8 Å². The number of hydrogen-bond donors (Lipinski definition) is 1. The SMILES string of the molecule is CN1CCN(C(=O)CC2CCCC2)C[C@@]12CCNC(=O)CC2. The highest BCUT2D eigenvalue weighted by atomic mass is 16.2. The second kappa shape index (κ2) is 6.57. The topological polar surface area (TPSA) is 52.6 Å². The van der Waals surface area contributed by atoms with Gasteiger partial charge in [0.25, 0.3) is 0 Å². The molecule has 2 heterocycles. The van der Waals surface area contributed by atoms with Crippen LogP contribution in [0, 0.1) is 5.92 Å². The van der Waals surface area contributed by atoms with Crippen molar-refractivity contribution in [3.8, 4) is 0 Å². The van der Waals surface area contributed by atoms with Crippen LogP contribution in [0.3, 0.4) is 0 Å². The van der Waals surface area contributed by atoms with Gasteiger partial charge < -0.3 is 10.2 Å². The summed E-state index contributed by atoms with van der Waals surface area (Å²) >= 11 is 0. The monoisotopic (exact) mass is 307 g/mol. The fourth-order valence-corrected chi connectivity index (χ4v) is 4.40. The van der Waals surface area contributed by atoms with Crippen LogP contribution in [0.4, 0.5) is 0 Å². The molecule has 0 aromatic carbocycles.